The maximum Gasteiger partial charge on any atom is 0.258 e. The van der Waals surface area contributed by atoms with Crippen LogP contribution in [-0.2, 0) is 0 Å². The van der Waals surface area contributed by atoms with Gasteiger partial charge in [-0.2, -0.15) is 5.10 Å². The molecule has 0 saturated carbocycles. The van der Waals surface area contributed by atoms with Crippen molar-refractivity contribution >= 4 is 35.0 Å². The third-order valence-electron chi connectivity index (χ3n) is 4.05. The molecule has 4 rings (SSSR count). The Morgan fingerprint density at radius 2 is 1.89 bits per heavy atom. The van der Waals surface area contributed by atoms with Crippen LogP contribution in [0.15, 0.2) is 53.7 Å². The number of aromatic nitrogens is 2. The molecule has 1 aliphatic heterocycles. The van der Waals surface area contributed by atoms with Crippen molar-refractivity contribution in [3.05, 3.63) is 59.4 Å². The second-order valence-corrected chi connectivity index (χ2v) is 7.08. The van der Waals surface area contributed by atoms with Crippen molar-refractivity contribution in [2.24, 2.45) is 0 Å². The van der Waals surface area contributed by atoms with E-state index in [0.717, 1.165) is 10.6 Å². The monoisotopic (exact) mass is 401 g/mol. The van der Waals surface area contributed by atoms with Crippen LogP contribution in [0, 0.1) is 0 Å². The Morgan fingerprint density at radius 3 is 2.59 bits per heavy atom. The summed E-state index contributed by atoms with van der Waals surface area (Å²) in [5.41, 5.74) is 1.95. The van der Waals surface area contributed by atoms with Crippen molar-refractivity contribution in [1.82, 2.24) is 9.78 Å². The summed E-state index contributed by atoms with van der Waals surface area (Å²) in [6.07, 6.45) is 5.15. The molecule has 0 unspecified atom stereocenters. The maximum atomic E-state index is 12.7. The number of anilines is 1. The first-order valence-corrected chi connectivity index (χ1v) is 9.84. The zero-order valence-corrected chi connectivity index (χ0v) is 16.0. The van der Waals surface area contributed by atoms with Gasteiger partial charge in [-0.15, -0.1) is 11.8 Å². The van der Waals surface area contributed by atoms with Crippen LogP contribution in [0.3, 0.4) is 0 Å². The summed E-state index contributed by atoms with van der Waals surface area (Å²) in [7, 11) is 0. The molecule has 0 aliphatic carbocycles. The standard InChI is InChI=1S/C19H16ClN3O3S/c1-27-18-9-17-16(25-6-7-26-17)8-15(18)22-19(24)12-10-21-23(11-12)14-4-2-13(20)3-5-14/h2-5,8-11H,6-7H2,1H3,(H,22,24). The minimum absolute atomic E-state index is 0.248. The molecule has 8 heteroatoms. The van der Waals surface area contributed by atoms with E-state index >= 15 is 0 Å². The van der Waals surface area contributed by atoms with Crippen molar-refractivity contribution in [3.63, 3.8) is 0 Å². The van der Waals surface area contributed by atoms with E-state index in [1.807, 2.05) is 24.5 Å². The lowest BCUT2D eigenvalue weighted by Crippen LogP contribution is -2.17. The number of benzene rings is 2. The first-order valence-electron chi connectivity index (χ1n) is 8.23. The number of ether oxygens (including phenoxy) is 2. The highest BCUT2D eigenvalue weighted by Crippen LogP contribution is 2.39. The van der Waals surface area contributed by atoms with E-state index in [2.05, 4.69) is 10.4 Å². The van der Waals surface area contributed by atoms with E-state index in [1.54, 1.807) is 29.1 Å². The zero-order chi connectivity index (χ0) is 18.8. The number of rotatable bonds is 4. The maximum absolute atomic E-state index is 12.7. The van der Waals surface area contributed by atoms with Gasteiger partial charge in [0, 0.05) is 22.2 Å². The molecule has 1 amide bonds. The summed E-state index contributed by atoms with van der Waals surface area (Å²) in [6, 6.07) is 10.9. The van der Waals surface area contributed by atoms with Gasteiger partial charge in [0.1, 0.15) is 13.2 Å². The molecule has 6 nitrogen and oxygen atoms in total. The Morgan fingerprint density at radius 1 is 1.19 bits per heavy atom. The molecule has 0 radical (unpaired) electrons. The van der Waals surface area contributed by atoms with E-state index in [1.165, 1.54) is 18.0 Å². The lowest BCUT2D eigenvalue weighted by atomic mass is 10.2. The smallest absolute Gasteiger partial charge is 0.258 e. The summed E-state index contributed by atoms with van der Waals surface area (Å²) in [6.45, 7) is 1.02. The van der Waals surface area contributed by atoms with Crippen LogP contribution in [0.4, 0.5) is 5.69 Å². The number of fused-ring (bicyclic) bond motifs is 1. The van der Waals surface area contributed by atoms with Crippen molar-refractivity contribution in [2.45, 2.75) is 4.90 Å². The third kappa shape index (κ3) is 3.74. The lowest BCUT2D eigenvalue weighted by molar-refractivity contribution is 0.102. The minimum Gasteiger partial charge on any atom is -0.486 e. The number of nitrogens with zero attached hydrogens (tertiary/aromatic N) is 2. The predicted molar refractivity (Wildman–Crippen MR) is 106 cm³/mol. The predicted octanol–water partition coefficient (Wildman–Crippen LogP) is 4.27. The van der Waals surface area contributed by atoms with Gasteiger partial charge in [-0.1, -0.05) is 11.6 Å². The molecule has 3 aromatic rings. The molecule has 0 atom stereocenters. The molecule has 1 N–H and O–H groups in total. The zero-order valence-electron chi connectivity index (χ0n) is 14.4. The second kappa shape index (κ2) is 7.54. The molecular formula is C19H16ClN3O3S. The fourth-order valence-corrected chi connectivity index (χ4v) is 3.39. The summed E-state index contributed by atoms with van der Waals surface area (Å²) in [5, 5.41) is 7.83. The van der Waals surface area contributed by atoms with Crippen LogP contribution in [-0.4, -0.2) is 35.2 Å². The van der Waals surface area contributed by atoms with Gasteiger partial charge >= 0.3 is 0 Å². The number of carbonyl (C=O) groups excluding carboxylic acids is 1. The summed E-state index contributed by atoms with van der Waals surface area (Å²) < 4.78 is 12.8. The summed E-state index contributed by atoms with van der Waals surface area (Å²) >= 11 is 7.43. The lowest BCUT2D eigenvalue weighted by Gasteiger charge is -2.20. The van der Waals surface area contributed by atoms with E-state index in [0.29, 0.717) is 41.0 Å². The number of thioether (sulfide) groups is 1. The highest BCUT2D eigenvalue weighted by atomic mass is 35.5. The van der Waals surface area contributed by atoms with Crippen LogP contribution in [0.25, 0.3) is 5.69 Å². The van der Waals surface area contributed by atoms with Gasteiger partial charge in [0.05, 0.1) is 23.1 Å². The van der Waals surface area contributed by atoms with E-state index in [4.69, 9.17) is 21.1 Å². The molecule has 1 aromatic heterocycles. The van der Waals surface area contributed by atoms with Crippen LogP contribution in [0.5, 0.6) is 11.5 Å². The molecule has 2 heterocycles. The highest BCUT2D eigenvalue weighted by molar-refractivity contribution is 7.98. The van der Waals surface area contributed by atoms with Crippen LogP contribution < -0.4 is 14.8 Å². The average molecular weight is 402 g/mol. The van der Waals surface area contributed by atoms with E-state index in [-0.39, 0.29) is 5.91 Å². The van der Waals surface area contributed by atoms with Crippen molar-refractivity contribution in [3.8, 4) is 17.2 Å². The minimum atomic E-state index is -0.248. The molecule has 0 bridgehead atoms. The number of hydrogen-bond donors (Lipinski definition) is 1. The molecule has 2 aromatic carbocycles. The third-order valence-corrected chi connectivity index (χ3v) is 5.08. The Bertz CT molecular complexity index is 988. The molecular weight excluding hydrogens is 386 g/mol. The molecule has 0 spiro atoms. The topological polar surface area (TPSA) is 65.4 Å². The highest BCUT2D eigenvalue weighted by Gasteiger charge is 2.18. The van der Waals surface area contributed by atoms with Gasteiger partial charge in [-0.25, -0.2) is 4.68 Å². The van der Waals surface area contributed by atoms with Crippen molar-refractivity contribution < 1.29 is 14.3 Å². The Labute approximate surface area is 165 Å². The second-order valence-electron chi connectivity index (χ2n) is 5.80. The molecule has 1 aliphatic rings. The van der Waals surface area contributed by atoms with E-state index < -0.39 is 0 Å². The molecule has 138 valence electrons. The van der Waals surface area contributed by atoms with Crippen molar-refractivity contribution in [1.29, 1.82) is 0 Å². The molecule has 27 heavy (non-hydrogen) atoms. The number of nitrogens with one attached hydrogen (secondary N) is 1. The summed E-state index contributed by atoms with van der Waals surface area (Å²) in [4.78, 5) is 13.6. The van der Waals surface area contributed by atoms with E-state index in [9.17, 15) is 4.79 Å². The fraction of sp³-hybridized carbons (Fsp3) is 0.158. The number of halogens is 1. The van der Waals surface area contributed by atoms with Crippen LogP contribution in [0.2, 0.25) is 5.02 Å². The normalized spacial score (nSPS) is 12.7. The SMILES string of the molecule is CSc1cc2c(cc1NC(=O)c1cnn(-c3ccc(Cl)cc3)c1)OCCO2. The Balaban J connectivity index is 1.57. The van der Waals surface area contributed by atoms with Gasteiger partial charge in [0.15, 0.2) is 11.5 Å². The number of amides is 1. The Hall–Kier alpha value is -2.64. The number of carbonyl (C=O) groups is 1. The molecule has 0 saturated heterocycles. The Kier molecular flexibility index (Phi) is 4.96. The largest absolute Gasteiger partial charge is 0.486 e. The number of hydrogen-bond acceptors (Lipinski definition) is 5. The quantitative estimate of drug-likeness (QED) is 0.661. The fourth-order valence-electron chi connectivity index (χ4n) is 2.71. The van der Waals surface area contributed by atoms with Crippen molar-refractivity contribution in [2.75, 3.05) is 24.8 Å². The van der Waals surface area contributed by atoms with Crippen LogP contribution in [0.1, 0.15) is 10.4 Å². The van der Waals surface area contributed by atoms with Gasteiger partial charge in [-0.3, -0.25) is 4.79 Å². The van der Waals surface area contributed by atoms with Gasteiger partial charge in [0.25, 0.3) is 5.91 Å². The van der Waals surface area contributed by atoms with Gasteiger partial charge in [0.2, 0.25) is 0 Å². The molecule has 0 fully saturated rings. The first kappa shape index (κ1) is 17.8. The van der Waals surface area contributed by atoms with Crippen LogP contribution >= 0.6 is 23.4 Å². The van der Waals surface area contributed by atoms with Gasteiger partial charge < -0.3 is 14.8 Å². The summed E-state index contributed by atoms with van der Waals surface area (Å²) in [5.74, 6) is 1.08. The first-order chi connectivity index (χ1) is 13.1. The van der Waals surface area contributed by atoms with Gasteiger partial charge in [-0.05, 0) is 36.6 Å². The average Bonchev–Trinajstić information content (AvgIpc) is 3.18.